The molecular weight excluding hydrogens is 859 g/mol. The zero-order valence-electron chi connectivity index (χ0n) is 38.7. The van der Waals surface area contributed by atoms with Gasteiger partial charge in [0.15, 0.2) is 5.75 Å². The summed E-state index contributed by atoms with van der Waals surface area (Å²) in [5.41, 5.74) is 21.5. The van der Waals surface area contributed by atoms with Crippen molar-refractivity contribution in [3.8, 4) is 78.3 Å². The molecule has 0 aromatic heterocycles. The summed E-state index contributed by atoms with van der Waals surface area (Å²) in [7, 11) is 0. The lowest BCUT2D eigenvalue weighted by molar-refractivity contribution is 0.489. The van der Waals surface area contributed by atoms with Crippen LogP contribution in [0.4, 0.5) is 17.1 Å². The Balaban J connectivity index is 1.11. The standard InChI is InChI=1S/C69H43NO/c1-2-21-44(22-3-1)46-23-14-18-38-63(46)70(64-39-20-35-58-52-29-7-6-26-49(52)55-31-15-19-40-65(55)71-68(58)64)45-41-42-54-48-25-5-4-24-47(48)53-30-12-16-36-60(53)69(62(54)43-45)61-37-17-13-34-59(61)66-56-32-10-8-27-50(56)51-28-9-11-33-57(51)67(66)69/h1-43H. The largest absolute Gasteiger partial charge is 0.454 e. The van der Waals surface area contributed by atoms with Crippen LogP contribution in [-0.4, -0.2) is 0 Å². The van der Waals surface area contributed by atoms with Crippen molar-refractivity contribution in [3.63, 3.8) is 0 Å². The summed E-state index contributed by atoms with van der Waals surface area (Å²) in [5, 5.41) is 5.06. The Morgan fingerprint density at radius 1 is 0.296 bits per heavy atom. The fraction of sp³-hybridized carbons (Fsp3) is 0.0145. The highest BCUT2D eigenvalue weighted by atomic mass is 16.5. The highest BCUT2D eigenvalue weighted by Gasteiger charge is 2.51. The van der Waals surface area contributed by atoms with Crippen LogP contribution in [0.25, 0.3) is 88.3 Å². The molecule has 1 heterocycles. The molecule has 1 spiro atoms. The summed E-state index contributed by atoms with van der Waals surface area (Å²) in [6, 6.07) is 96.4. The molecular formula is C69H43NO. The van der Waals surface area contributed by atoms with Crippen LogP contribution in [0.2, 0.25) is 0 Å². The molecule has 0 saturated carbocycles. The molecule has 2 heteroatoms. The second-order valence-corrected chi connectivity index (χ2v) is 19.0. The van der Waals surface area contributed by atoms with Gasteiger partial charge in [0.2, 0.25) is 0 Å². The van der Waals surface area contributed by atoms with Crippen LogP contribution in [0.5, 0.6) is 11.5 Å². The zero-order valence-corrected chi connectivity index (χ0v) is 38.7. The molecule has 2 aliphatic carbocycles. The number of benzene rings is 12. The topological polar surface area (TPSA) is 12.5 Å². The van der Waals surface area contributed by atoms with E-state index in [2.05, 4.69) is 266 Å². The Hall–Kier alpha value is -9.24. The molecule has 15 rings (SSSR count). The van der Waals surface area contributed by atoms with E-state index in [-0.39, 0.29) is 0 Å². The number of nitrogens with zero attached hydrogens (tertiary/aromatic N) is 1. The SMILES string of the molecule is c1ccc(-c2ccccc2N(c2ccc3c(c2)C2(c4ccccc4-c4ccccc4-3)c3ccccc3-c3c2c2ccccc2c2ccccc32)c2cccc3c2Oc2ccccc2-c2ccccc2-3)cc1. The molecule has 3 aliphatic rings. The molecule has 71 heavy (non-hydrogen) atoms. The maximum absolute atomic E-state index is 7.34. The van der Waals surface area contributed by atoms with Gasteiger partial charge in [0, 0.05) is 22.4 Å². The predicted octanol–water partition coefficient (Wildman–Crippen LogP) is 18.6. The highest BCUT2D eigenvalue weighted by molar-refractivity contribution is 6.20. The summed E-state index contributed by atoms with van der Waals surface area (Å²) in [4.78, 5) is 2.47. The Labute approximate surface area is 413 Å². The van der Waals surface area contributed by atoms with Crippen LogP contribution in [0.3, 0.4) is 0 Å². The van der Waals surface area contributed by atoms with Crippen LogP contribution < -0.4 is 9.64 Å². The van der Waals surface area contributed by atoms with E-state index in [1.807, 2.05) is 0 Å². The summed E-state index contributed by atoms with van der Waals surface area (Å²) in [6.45, 7) is 0. The van der Waals surface area contributed by atoms with Gasteiger partial charge in [-0.1, -0.05) is 231 Å². The smallest absolute Gasteiger partial charge is 0.159 e. The molecule has 0 fully saturated rings. The molecule has 1 unspecified atom stereocenters. The van der Waals surface area contributed by atoms with E-state index >= 15 is 0 Å². The van der Waals surface area contributed by atoms with E-state index in [1.165, 1.54) is 77.2 Å². The van der Waals surface area contributed by atoms with Gasteiger partial charge in [-0.15, -0.1) is 0 Å². The van der Waals surface area contributed by atoms with Gasteiger partial charge < -0.3 is 9.64 Å². The number of fused-ring (bicyclic) bond motifs is 22. The zero-order chi connectivity index (χ0) is 46.6. The normalized spacial score (nSPS) is 14.4. The van der Waals surface area contributed by atoms with Gasteiger partial charge in [-0.25, -0.2) is 0 Å². The first-order valence-electron chi connectivity index (χ1n) is 24.6. The summed E-state index contributed by atoms with van der Waals surface area (Å²) < 4.78 is 7.34. The lowest BCUT2D eigenvalue weighted by Crippen LogP contribution is -2.30. The van der Waals surface area contributed by atoms with Crippen molar-refractivity contribution in [1.29, 1.82) is 0 Å². The molecule has 330 valence electrons. The van der Waals surface area contributed by atoms with Crippen molar-refractivity contribution in [2.45, 2.75) is 5.41 Å². The summed E-state index contributed by atoms with van der Waals surface area (Å²) >= 11 is 0. The van der Waals surface area contributed by atoms with Crippen LogP contribution in [-0.2, 0) is 5.41 Å². The van der Waals surface area contributed by atoms with E-state index in [9.17, 15) is 0 Å². The number of para-hydroxylation sites is 3. The van der Waals surface area contributed by atoms with Crippen molar-refractivity contribution in [3.05, 3.63) is 283 Å². The fourth-order valence-electron chi connectivity index (χ4n) is 12.7. The van der Waals surface area contributed by atoms with Gasteiger partial charge in [0.1, 0.15) is 5.75 Å². The Kier molecular flexibility index (Phi) is 8.61. The third kappa shape index (κ3) is 5.59. The minimum Gasteiger partial charge on any atom is -0.454 e. The van der Waals surface area contributed by atoms with E-state index in [0.29, 0.717) is 0 Å². The molecule has 0 radical (unpaired) electrons. The van der Waals surface area contributed by atoms with Crippen molar-refractivity contribution in [2.24, 2.45) is 0 Å². The van der Waals surface area contributed by atoms with Crippen LogP contribution in [0, 0.1) is 0 Å². The number of hydrogen-bond donors (Lipinski definition) is 0. The van der Waals surface area contributed by atoms with Crippen molar-refractivity contribution in [1.82, 2.24) is 0 Å². The first-order valence-corrected chi connectivity index (χ1v) is 24.6. The van der Waals surface area contributed by atoms with Gasteiger partial charge in [-0.2, -0.15) is 0 Å². The maximum atomic E-state index is 7.34. The second kappa shape index (κ2) is 15.4. The quantitative estimate of drug-likeness (QED) is 0.163. The minimum absolute atomic E-state index is 0.747. The third-order valence-corrected chi connectivity index (χ3v) is 15.5. The Morgan fingerprint density at radius 3 is 1.51 bits per heavy atom. The van der Waals surface area contributed by atoms with Gasteiger partial charge in [-0.3, -0.25) is 0 Å². The number of ether oxygens (including phenoxy) is 1. The highest BCUT2D eigenvalue weighted by Crippen LogP contribution is 2.65. The molecule has 0 amide bonds. The summed E-state index contributed by atoms with van der Waals surface area (Å²) in [6.07, 6.45) is 0. The molecule has 12 aromatic rings. The monoisotopic (exact) mass is 901 g/mol. The van der Waals surface area contributed by atoms with Gasteiger partial charge in [0.05, 0.1) is 16.8 Å². The van der Waals surface area contributed by atoms with Gasteiger partial charge in [-0.05, 0) is 124 Å². The van der Waals surface area contributed by atoms with Crippen LogP contribution in [0.15, 0.2) is 261 Å². The fourth-order valence-corrected chi connectivity index (χ4v) is 12.7. The van der Waals surface area contributed by atoms with Crippen LogP contribution in [0.1, 0.15) is 22.3 Å². The maximum Gasteiger partial charge on any atom is 0.159 e. The van der Waals surface area contributed by atoms with Crippen molar-refractivity contribution < 1.29 is 4.74 Å². The third-order valence-electron chi connectivity index (χ3n) is 15.5. The lowest BCUT2D eigenvalue weighted by atomic mass is 9.64. The Bertz CT molecular complexity index is 4170. The molecule has 12 aromatic carbocycles. The van der Waals surface area contributed by atoms with Crippen molar-refractivity contribution >= 4 is 38.6 Å². The minimum atomic E-state index is -0.747. The van der Waals surface area contributed by atoms with E-state index < -0.39 is 5.41 Å². The average molecular weight is 902 g/mol. The molecule has 0 N–H and O–H groups in total. The Morgan fingerprint density at radius 2 is 0.775 bits per heavy atom. The van der Waals surface area contributed by atoms with Crippen molar-refractivity contribution in [2.75, 3.05) is 4.90 Å². The first-order chi connectivity index (χ1) is 35.3. The molecule has 0 bridgehead atoms. The molecule has 2 nitrogen and oxygen atoms in total. The number of rotatable bonds is 4. The van der Waals surface area contributed by atoms with Gasteiger partial charge >= 0.3 is 0 Å². The second-order valence-electron chi connectivity index (χ2n) is 19.0. The molecule has 1 atom stereocenters. The molecule has 0 saturated heterocycles. The van der Waals surface area contributed by atoms with E-state index in [1.54, 1.807) is 0 Å². The van der Waals surface area contributed by atoms with Crippen LogP contribution >= 0.6 is 0 Å². The lowest BCUT2D eigenvalue weighted by Gasteiger charge is -2.37. The number of hydrogen-bond acceptors (Lipinski definition) is 2. The summed E-state index contributed by atoms with van der Waals surface area (Å²) in [5.74, 6) is 1.64. The first kappa shape index (κ1) is 39.7. The molecule has 1 aliphatic heterocycles. The average Bonchev–Trinajstić information content (AvgIpc) is 3.61. The number of anilines is 3. The van der Waals surface area contributed by atoms with E-state index in [4.69, 9.17) is 4.74 Å². The van der Waals surface area contributed by atoms with E-state index in [0.717, 1.165) is 61.9 Å². The van der Waals surface area contributed by atoms with Gasteiger partial charge in [0.25, 0.3) is 0 Å². The predicted molar refractivity (Wildman–Crippen MR) is 294 cm³/mol.